The van der Waals surface area contributed by atoms with Gasteiger partial charge in [0.2, 0.25) is 0 Å². The highest BCUT2D eigenvalue weighted by Gasteiger charge is 2.14. The molecule has 0 aliphatic heterocycles. The van der Waals surface area contributed by atoms with Gasteiger partial charge in [0.1, 0.15) is 0 Å². The molecule has 5 nitrogen and oxygen atoms in total. The number of hydrogen-bond donors (Lipinski definition) is 2. The summed E-state index contributed by atoms with van der Waals surface area (Å²) in [5.41, 5.74) is 8.71. The Morgan fingerprint density at radius 2 is 2.11 bits per heavy atom. The molecular formula is C13H16N4O. The van der Waals surface area contributed by atoms with E-state index in [4.69, 9.17) is 5.73 Å². The van der Waals surface area contributed by atoms with E-state index in [0.717, 1.165) is 5.56 Å². The van der Waals surface area contributed by atoms with Crippen LogP contribution in [0, 0.1) is 13.8 Å². The first-order valence-electron chi connectivity index (χ1n) is 5.66. The van der Waals surface area contributed by atoms with Gasteiger partial charge in [-0.1, -0.05) is 17.7 Å². The number of carbonyl (C=O) groups excluding carboxylic acids is 1. The van der Waals surface area contributed by atoms with Crippen molar-refractivity contribution < 1.29 is 4.79 Å². The number of carbonyl (C=O) groups is 1. The van der Waals surface area contributed by atoms with Crippen LogP contribution < -0.4 is 11.1 Å². The maximum Gasteiger partial charge on any atom is 0.256 e. The number of nitrogens with one attached hydrogen (secondary N) is 1. The highest BCUT2D eigenvalue weighted by atomic mass is 16.1. The number of nitrogens with two attached hydrogens (primary N) is 1. The highest BCUT2D eigenvalue weighted by Crippen LogP contribution is 2.21. The molecule has 18 heavy (non-hydrogen) atoms. The van der Waals surface area contributed by atoms with E-state index in [9.17, 15) is 4.79 Å². The summed E-state index contributed by atoms with van der Waals surface area (Å²) in [6.07, 6.45) is 0. The van der Waals surface area contributed by atoms with E-state index in [1.54, 1.807) is 24.7 Å². The normalized spacial score (nSPS) is 10.4. The molecule has 0 fully saturated rings. The van der Waals surface area contributed by atoms with Gasteiger partial charge in [-0.2, -0.15) is 5.10 Å². The standard InChI is InChI=1S/C13H16N4O/c1-8-5-4-6-10(7-8)13(18)15-12-11(14)9(2)16-17(12)3/h4-7H,14H2,1-3H3,(H,15,18). The Hall–Kier alpha value is -2.30. The quantitative estimate of drug-likeness (QED) is 0.847. The smallest absolute Gasteiger partial charge is 0.256 e. The Morgan fingerprint density at radius 1 is 1.39 bits per heavy atom. The van der Waals surface area contributed by atoms with Crippen molar-refractivity contribution in [2.45, 2.75) is 13.8 Å². The van der Waals surface area contributed by atoms with Gasteiger partial charge in [0.05, 0.1) is 11.4 Å². The van der Waals surface area contributed by atoms with Crippen LogP contribution in [-0.2, 0) is 7.05 Å². The summed E-state index contributed by atoms with van der Waals surface area (Å²) in [7, 11) is 1.75. The van der Waals surface area contributed by atoms with Gasteiger partial charge in [0.15, 0.2) is 5.82 Å². The fourth-order valence-electron chi connectivity index (χ4n) is 1.79. The van der Waals surface area contributed by atoms with Crippen LogP contribution in [0.15, 0.2) is 24.3 Å². The maximum absolute atomic E-state index is 12.1. The molecule has 0 saturated heterocycles. The number of hydrogen-bond acceptors (Lipinski definition) is 3. The minimum atomic E-state index is -0.187. The SMILES string of the molecule is Cc1cccc(C(=O)Nc2c(N)c(C)nn2C)c1. The Labute approximate surface area is 106 Å². The van der Waals surface area contributed by atoms with Crippen molar-refractivity contribution in [1.82, 2.24) is 9.78 Å². The number of nitrogens with zero attached hydrogens (tertiary/aromatic N) is 2. The average Bonchev–Trinajstić information content (AvgIpc) is 2.56. The third-order valence-electron chi connectivity index (χ3n) is 2.78. The largest absolute Gasteiger partial charge is 0.394 e. The molecule has 1 amide bonds. The first-order valence-corrected chi connectivity index (χ1v) is 5.66. The molecule has 0 aliphatic rings. The lowest BCUT2D eigenvalue weighted by Crippen LogP contribution is -2.15. The van der Waals surface area contributed by atoms with Crippen LogP contribution in [0.5, 0.6) is 0 Å². The average molecular weight is 244 g/mol. The number of anilines is 2. The van der Waals surface area contributed by atoms with E-state index >= 15 is 0 Å². The first-order chi connectivity index (χ1) is 8.49. The number of aromatic nitrogens is 2. The summed E-state index contributed by atoms with van der Waals surface area (Å²) >= 11 is 0. The predicted molar refractivity (Wildman–Crippen MR) is 71.5 cm³/mol. The summed E-state index contributed by atoms with van der Waals surface area (Å²) in [4.78, 5) is 12.1. The Morgan fingerprint density at radius 3 is 2.67 bits per heavy atom. The van der Waals surface area contributed by atoms with Crippen molar-refractivity contribution in [1.29, 1.82) is 0 Å². The molecule has 0 radical (unpaired) electrons. The van der Waals surface area contributed by atoms with E-state index in [1.807, 2.05) is 25.1 Å². The molecule has 0 saturated carbocycles. The highest BCUT2D eigenvalue weighted by molar-refractivity contribution is 6.05. The van der Waals surface area contributed by atoms with Gasteiger partial charge >= 0.3 is 0 Å². The fourth-order valence-corrected chi connectivity index (χ4v) is 1.79. The lowest BCUT2D eigenvalue weighted by molar-refractivity contribution is 0.102. The molecule has 0 bridgehead atoms. The maximum atomic E-state index is 12.1. The molecule has 3 N–H and O–H groups in total. The Balaban J connectivity index is 2.27. The van der Waals surface area contributed by atoms with Crippen LogP contribution in [-0.4, -0.2) is 15.7 Å². The zero-order chi connectivity index (χ0) is 13.3. The van der Waals surface area contributed by atoms with Gasteiger partial charge in [0, 0.05) is 12.6 Å². The molecule has 94 valence electrons. The molecule has 5 heteroatoms. The molecular weight excluding hydrogens is 228 g/mol. The van der Waals surface area contributed by atoms with Crippen molar-refractivity contribution in [3.63, 3.8) is 0 Å². The monoisotopic (exact) mass is 244 g/mol. The van der Waals surface area contributed by atoms with Gasteiger partial charge in [-0.15, -0.1) is 0 Å². The molecule has 1 aromatic carbocycles. The van der Waals surface area contributed by atoms with Crippen molar-refractivity contribution >= 4 is 17.4 Å². The van der Waals surface area contributed by atoms with E-state index in [-0.39, 0.29) is 5.91 Å². The summed E-state index contributed by atoms with van der Waals surface area (Å²) < 4.78 is 1.57. The number of nitrogen functional groups attached to an aromatic ring is 1. The molecule has 1 heterocycles. The van der Waals surface area contributed by atoms with Crippen LogP contribution in [0.4, 0.5) is 11.5 Å². The molecule has 0 atom stereocenters. The Kier molecular flexibility index (Phi) is 3.06. The minimum Gasteiger partial charge on any atom is -0.394 e. The fraction of sp³-hybridized carbons (Fsp3) is 0.231. The predicted octanol–water partition coefficient (Wildman–Crippen LogP) is 1.87. The Bertz CT molecular complexity index is 601. The third kappa shape index (κ3) is 2.20. The van der Waals surface area contributed by atoms with Gasteiger partial charge in [-0.05, 0) is 26.0 Å². The van der Waals surface area contributed by atoms with Gasteiger partial charge in [0.25, 0.3) is 5.91 Å². The topological polar surface area (TPSA) is 72.9 Å². The van der Waals surface area contributed by atoms with Crippen molar-refractivity contribution in [2.75, 3.05) is 11.1 Å². The molecule has 1 aromatic heterocycles. The van der Waals surface area contributed by atoms with Crippen molar-refractivity contribution in [2.24, 2.45) is 7.05 Å². The summed E-state index contributed by atoms with van der Waals surface area (Å²) in [5, 5.41) is 6.93. The van der Waals surface area contributed by atoms with E-state index in [2.05, 4.69) is 10.4 Å². The second-order valence-electron chi connectivity index (χ2n) is 4.29. The van der Waals surface area contributed by atoms with Crippen molar-refractivity contribution in [3.05, 3.63) is 41.1 Å². The summed E-state index contributed by atoms with van der Waals surface area (Å²) in [6, 6.07) is 7.39. The zero-order valence-electron chi connectivity index (χ0n) is 10.7. The molecule has 0 aliphatic carbocycles. The minimum absolute atomic E-state index is 0.187. The van der Waals surface area contributed by atoms with E-state index < -0.39 is 0 Å². The second kappa shape index (κ2) is 4.52. The number of amides is 1. The van der Waals surface area contributed by atoms with E-state index in [0.29, 0.717) is 22.8 Å². The molecule has 0 spiro atoms. The third-order valence-corrected chi connectivity index (χ3v) is 2.78. The summed E-state index contributed by atoms with van der Waals surface area (Å²) in [6.45, 7) is 3.75. The lowest BCUT2D eigenvalue weighted by Gasteiger charge is -2.07. The molecule has 0 unspecified atom stereocenters. The van der Waals surface area contributed by atoms with Crippen LogP contribution in [0.3, 0.4) is 0 Å². The van der Waals surface area contributed by atoms with Crippen LogP contribution in [0.2, 0.25) is 0 Å². The zero-order valence-corrected chi connectivity index (χ0v) is 10.7. The lowest BCUT2D eigenvalue weighted by atomic mass is 10.1. The first kappa shape index (κ1) is 12.2. The van der Waals surface area contributed by atoms with Crippen molar-refractivity contribution in [3.8, 4) is 0 Å². The number of rotatable bonds is 2. The molecule has 2 rings (SSSR count). The van der Waals surface area contributed by atoms with Crippen LogP contribution >= 0.6 is 0 Å². The molecule has 2 aromatic rings. The van der Waals surface area contributed by atoms with E-state index in [1.165, 1.54) is 0 Å². The van der Waals surface area contributed by atoms with Gasteiger partial charge in [-0.25, -0.2) is 0 Å². The van der Waals surface area contributed by atoms with Crippen LogP contribution in [0.1, 0.15) is 21.6 Å². The van der Waals surface area contributed by atoms with Crippen LogP contribution in [0.25, 0.3) is 0 Å². The van der Waals surface area contributed by atoms with Gasteiger partial charge in [-0.3, -0.25) is 9.48 Å². The summed E-state index contributed by atoms with van der Waals surface area (Å²) in [5.74, 6) is 0.340. The second-order valence-corrected chi connectivity index (χ2v) is 4.29. The number of aryl methyl sites for hydroxylation is 3. The number of benzene rings is 1. The van der Waals surface area contributed by atoms with Gasteiger partial charge < -0.3 is 11.1 Å².